The zero-order valence-electron chi connectivity index (χ0n) is 20.7. The van der Waals surface area contributed by atoms with Crippen molar-refractivity contribution >= 4 is 28.5 Å². The minimum Gasteiger partial charge on any atom is -0.454 e. The highest BCUT2D eigenvalue weighted by molar-refractivity contribution is 6.07. The van der Waals surface area contributed by atoms with Crippen molar-refractivity contribution in [1.82, 2.24) is 14.1 Å². The van der Waals surface area contributed by atoms with E-state index in [1.165, 1.54) is 14.1 Å². The first-order chi connectivity index (χ1) is 16.4. The Morgan fingerprint density at radius 2 is 1.80 bits per heavy atom. The van der Waals surface area contributed by atoms with Crippen LogP contribution >= 0.6 is 0 Å². The minimum absolute atomic E-state index is 0.0569. The second-order valence-electron chi connectivity index (χ2n) is 10.2. The average Bonchev–Trinajstić information content (AvgIpc) is 2.82. The molecule has 1 aliphatic carbocycles. The molecule has 1 aromatic carbocycles. The van der Waals surface area contributed by atoms with Gasteiger partial charge in [-0.25, -0.2) is 9.59 Å². The van der Waals surface area contributed by atoms with Gasteiger partial charge in [0.2, 0.25) is 5.78 Å². The van der Waals surface area contributed by atoms with Gasteiger partial charge in [-0.15, -0.1) is 0 Å². The Labute approximate surface area is 202 Å². The summed E-state index contributed by atoms with van der Waals surface area (Å²) in [4.78, 5) is 55.6. The summed E-state index contributed by atoms with van der Waals surface area (Å²) in [7, 11) is 2.62. The van der Waals surface area contributed by atoms with Crippen molar-refractivity contribution in [2.75, 3.05) is 12.3 Å². The van der Waals surface area contributed by atoms with Crippen LogP contribution in [0.15, 0.2) is 33.9 Å². The molecule has 184 valence electrons. The maximum absolute atomic E-state index is 13.4. The Bertz CT molecular complexity index is 1480. The lowest BCUT2D eigenvalue weighted by atomic mass is 9.70. The molecule has 0 aliphatic heterocycles. The third kappa shape index (κ3) is 4.26. The van der Waals surface area contributed by atoms with E-state index in [0.717, 1.165) is 33.2 Å². The minimum atomic E-state index is -0.827. The summed E-state index contributed by atoms with van der Waals surface area (Å²) in [5.41, 5.74) is 6.90. The lowest BCUT2D eigenvalue weighted by Crippen LogP contribution is -2.42. The first-order valence-electron chi connectivity index (χ1n) is 11.6. The fraction of sp³-hybridized carbons (Fsp3) is 0.423. The highest BCUT2D eigenvalue weighted by Crippen LogP contribution is 2.39. The van der Waals surface area contributed by atoms with Crippen LogP contribution in [0.4, 0.5) is 5.82 Å². The van der Waals surface area contributed by atoms with Crippen molar-refractivity contribution < 1.29 is 14.3 Å². The summed E-state index contributed by atoms with van der Waals surface area (Å²) in [6, 6.07) is 7.36. The summed E-state index contributed by atoms with van der Waals surface area (Å²) < 4.78 is 7.26. The number of ketones is 1. The molecule has 0 fully saturated rings. The van der Waals surface area contributed by atoms with Gasteiger partial charge in [0.15, 0.2) is 6.61 Å². The maximum atomic E-state index is 13.4. The zero-order chi connectivity index (χ0) is 25.7. The molecule has 2 aromatic heterocycles. The lowest BCUT2D eigenvalue weighted by molar-refractivity contribution is 0.0473. The molecule has 2 heterocycles. The van der Waals surface area contributed by atoms with Crippen LogP contribution in [0.25, 0.3) is 10.9 Å². The summed E-state index contributed by atoms with van der Waals surface area (Å²) in [5, 5.41) is 0.663. The number of rotatable bonds is 4. The number of benzene rings is 1. The van der Waals surface area contributed by atoms with Gasteiger partial charge in [-0.05, 0) is 42.2 Å². The predicted molar refractivity (Wildman–Crippen MR) is 133 cm³/mol. The van der Waals surface area contributed by atoms with E-state index in [9.17, 15) is 19.2 Å². The van der Waals surface area contributed by atoms with Gasteiger partial charge < -0.3 is 10.5 Å². The number of para-hydroxylation sites is 1. The van der Waals surface area contributed by atoms with Crippen molar-refractivity contribution in [3.63, 3.8) is 0 Å². The summed E-state index contributed by atoms with van der Waals surface area (Å²) in [6.07, 6.45) is 2.42. The van der Waals surface area contributed by atoms with Gasteiger partial charge in [0.1, 0.15) is 11.4 Å². The standard InChI is InChI=1S/C26H30N4O5/c1-26(2,3)14-10-11-18-16(12-14)20(15-8-6-7-9-17(15)28-18)24(33)35-13-19(31)21-22(27)29(4)25(34)30(5)23(21)32/h6-9,14H,10-13,27H2,1-5H3/t14-/m0/s1. The second-order valence-corrected chi connectivity index (χ2v) is 10.2. The number of fused-ring (bicyclic) bond motifs is 2. The van der Waals surface area contributed by atoms with Crippen LogP contribution in [-0.2, 0) is 31.7 Å². The van der Waals surface area contributed by atoms with Gasteiger partial charge in [0, 0.05) is 25.2 Å². The van der Waals surface area contributed by atoms with Gasteiger partial charge in [-0.1, -0.05) is 39.0 Å². The smallest absolute Gasteiger partial charge is 0.339 e. The van der Waals surface area contributed by atoms with Gasteiger partial charge in [-0.3, -0.25) is 23.7 Å². The van der Waals surface area contributed by atoms with E-state index in [2.05, 4.69) is 20.8 Å². The molecule has 9 heteroatoms. The molecule has 0 saturated heterocycles. The van der Waals surface area contributed by atoms with Crippen LogP contribution in [0.1, 0.15) is 59.2 Å². The molecule has 4 rings (SSSR count). The number of hydrogen-bond acceptors (Lipinski definition) is 7. The highest BCUT2D eigenvalue weighted by atomic mass is 16.5. The quantitative estimate of drug-likeness (QED) is 0.451. The normalized spacial score (nSPS) is 15.6. The zero-order valence-corrected chi connectivity index (χ0v) is 20.7. The molecule has 0 spiro atoms. The Hall–Kier alpha value is -3.75. The molecule has 35 heavy (non-hydrogen) atoms. The number of aromatic nitrogens is 3. The molecule has 0 saturated carbocycles. The van der Waals surface area contributed by atoms with Crippen molar-refractivity contribution in [3.05, 3.63) is 67.5 Å². The summed E-state index contributed by atoms with van der Waals surface area (Å²) >= 11 is 0. The van der Waals surface area contributed by atoms with Gasteiger partial charge >= 0.3 is 11.7 Å². The van der Waals surface area contributed by atoms with Crippen molar-refractivity contribution in [3.8, 4) is 0 Å². The van der Waals surface area contributed by atoms with Crippen LogP contribution in [0.2, 0.25) is 0 Å². The molecule has 0 radical (unpaired) electrons. The SMILES string of the molecule is Cn1c(N)c(C(=O)COC(=O)c2c3c(nc4ccccc24)CC[C@H](C(C)(C)C)C3)c(=O)n(C)c1=O. The number of nitrogens with zero attached hydrogens (tertiary/aromatic N) is 3. The highest BCUT2D eigenvalue weighted by Gasteiger charge is 2.33. The topological polar surface area (TPSA) is 126 Å². The van der Waals surface area contributed by atoms with Crippen molar-refractivity contribution in [2.24, 2.45) is 25.4 Å². The predicted octanol–water partition coefficient (Wildman–Crippen LogP) is 2.41. The van der Waals surface area contributed by atoms with Gasteiger partial charge in [0.25, 0.3) is 5.56 Å². The number of ether oxygens (including phenoxy) is 1. The Balaban J connectivity index is 1.71. The third-order valence-electron chi connectivity index (χ3n) is 7.01. The molecular formula is C26H30N4O5. The van der Waals surface area contributed by atoms with E-state index < -0.39 is 29.6 Å². The third-order valence-corrected chi connectivity index (χ3v) is 7.01. The molecule has 9 nitrogen and oxygen atoms in total. The molecule has 0 amide bonds. The second kappa shape index (κ2) is 8.79. The fourth-order valence-corrected chi connectivity index (χ4v) is 4.76. The monoisotopic (exact) mass is 478 g/mol. The number of nitrogen functional groups attached to an aromatic ring is 1. The van der Waals surface area contributed by atoms with Crippen LogP contribution in [0, 0.1) is 11.3 Å². The van der Waals surface area contributed by atoms with Gasteiger partial charge in [0.05, 0.1) is 11.1 Å². The maximum Gasteiger partial charge on any atom is 0.339 e. The van der Waals surface area contributed by atoms with E-state index in [1.807, 2.05) is 24.3 Å². The van der Waals surface area contributed by atoms with Gasteiger partial charge in [-0.2, -0.15) is 0 Å². The van der Waals surface area contributed by atoms with Crippen molar-refractivity contribution in [1.29, 1.82) is 0 Å². The number of nitrogens with two attached hydrogens (primary N) is 1. The molecule has 0 bridgehead atoms. The van der Waals surface area contributed by atoms with Crippen LogP contribution in [0.3, 0.4) is 0 Å². The molecule has 1 aliphatic rings. The number of aryl methyl sites for hydroxylation is 1. The van der Waals surface area contributed by atoms with E-state index in [4.69, 9.17) is 15.5 Å². The summed E-state index contributed by atoms with van der Waals surface area (Å²) in [5.74, 6) is -1.33. The molecule has 1 atom stereocenters. The van der Waals surface area contributed by atoms with Crippen LogP contribution in [-0.4, -0.2) is 32.5 Å². The molecule has 0 unspecified atom stereocenters. The first-order valence-corrected chi connectivity index (χ1v) is 11.6. The molecule has 3 aromatic rings. The average molecular weight is 479 g/mol. The van der Waals surface area contributed by atoms with Crippen LogP contribution in [0.5, 0.6) is 0 Å². The number of carbonyl (C=O) groups excluding carboxylic acids is 2. The number of anilines is 1. The first kappa shape index (κ1) is 24.4. The van der Waals surface area contributed by atoms with E-state index >= 15 is 0 Å². The number of Topliss-reactive ketones (excluding diaryl/α,β-unsaturated/α-hetero) is 1. The van der Waals surface area contributed by atoms with E-state index in [-0.39, 0.29) is 16.8 Å². The number of pyridine rings is 1. The number of hydrogen-bond donors (Lipinski definition) is 1. The number of esters is 1. The van der Waals surface area contributed by atoms with E-state index in [0.29, 0.717) is 28.8 Å². The Kier molecular flexibility index (Phi) is 6.12. The molecule has 2 N–H and O–H groups in total. The Morgan fingerprint density at radius 3 is 2.49 bits per heavy atom. The lowest BCUT2D eigenvalue weighted by Gasteiger charge is -2.35. The fourth-order valence-electron chi connectivity index (χ4n) is 4.76. The largest absolute Gasteiger partial charge is 0.454 e. The van der Waals surface area contributed by atoms with E-state index in [1.54, 1.807) is 0 Å². The van der Waals surface area contributed by atoms with Crippen LogP contribution < -0.4 is 17.0 Å². The summed E-state index contributed by atoms with van der Waals surface area (Å²) in [6.45, 7) is 5.88. The number of carbonyl (C=O) groups is 2. The molecular weight excluding hydrogens is 448 g/mol. The van der Waals surface area contributed by atoms with Crippen molar-refractivity contribution in [2.45, 2.75) is 40.0 Å². The Morgan fingerprint density at radius 1 is 1.11 bits per heavy atom.